The van der Waals surface area contributed by atoms with E-state index in [1.165, 1.54) is 0 Å². The molecule has 0 aliphatic heterocycles. The van der Waals surface area contributed by atoms with E-state index >= 15 is 0 Å². The molecular weight excluding hydrogens is 202 g/mol. The number of nitrogens with zero attached hydrogens (tertiary/aromatic N) is 2. The van der Waals surface area contributed by atoms with Gasteiger partial charge in [-0.25, -0.2) is 0 Å². The summed E-state index contributed by atoms with van der Waals surface area (Å²) in [6.45, 7) is 9.47. The minimum Gasteiger partial charge on any atom is -0.423 e. The first kappa shape index (κ1) is 13.2. The van der Waals surface area contributed by atoms with Gasteiger partial charge in [0.05, 0.1) is 6.04 Å². The third kappa shape index (κ3) is 3.30. The highest BCUT2D eigenvalue weighted by atomic mass is 16.4. The van der Waals surface area contributed by atoms with Gasteiger partial charge in [0.1, 0.15) is 0 Å². The SMILES string of the molecule is CCCNC(C)c1nnc(C(CC)CC)o1. The maximum absolute atomic E-state index is 5.70. The Morgan fingerprint density at radius 1 is 1.12 bits per heavy atom. The zero-order chi connectivity index (χ0) is 12.0. The van der Waals surface area contributed by atoms with E-state index in [-0.39, 0.29) is 6.04 Å². The lowest BCUT2D eigenvalue weighted by molar-refractivity contribution is 0.368. The third-order valence-corrected chi connectivity index (χ3v) is 2.86. The fraction of sp³-hybridized carbons (Fsp3) is 0.833. The molecule has 1 rings (SSSR count). The second-order valence-electron chi connectivity index (χ2n) is 4.17. The second-order valence-corrected chi connectivity index (χ2v) is 4.17. The number of aromatic nitrogens is 2. The van der Waals surface area contributed by atoms with Gasteiger partial charge in [-0.15, -0.1) is 10.2 Å². The average molecular weight is 225 g/mol. The molecule has 0 aromatic carbocycles. The van der Waals surface area contributed by atoms with Crippen LogP contribution in [0.15, 0.2) is 4.42 Å². The number of hydrogen-bond donors (Lipinski definition) is 1. The van der Waals surface area contributed by atoms with E-state index in [1.807, 2.05) is 0 Å². The molecule has 0 saturated heterocycles. The van der Waals surface area contributed by atoms with Crippen molar-refractivity contribution in [3.63, 3.8) is 0 Å². The second kappa shape index (κ2) is 6.63. The lowest BCUT2D eigenvalue weighted by Gasteiger charge is -2.08. The van der Waals surface area contributed by atoms with Crippen LogP contribution >= 0.6 is 0 Å². The van der Waals surface area contributed by atoms with Crippen molar-refractivity contribution in [3.05, 3.63) is 11.8 Å². The van der Waals surface area contributed by atoms with Gasteiger partial charge in [0, 0.05) is 5.92 Å². The predicted molar refractivity (Wildman–Crippen MR) is 64.3 cm³/mol. The number of rotatable bonds is 7. The number of hydrogen-bond acceptors (Lipinski definition) is 4. The summed E-state index contributed by atoms with van der Waals surface area (Å²) < 4.78 is 5.70. The van der Waals surface area contributed by atoms with Crippen LogP contribution in [-0.4, -0.2) is 16.7 Å². The largest absolute Gasteiger partial charge is 0.423 e. The molecule has 1 aromatic rings. The number of nitrogens with one attached hydrogen (secondary N) is 1. The van der Waals surface area contributed by atoms with Gasteiger partial charge in [-0.1, -0.05) is 20.8 Å². The molecule has 1 heterocycles. The summed E-state index contributed by atoms with van der Waals surface area (Å²) >= 11 is 0. The van der Waals surface area contributed by atoms with Crippen molar-refractivity contribution in [1.82, 2.24) is 15.5 Å². The molecule has 0 bridgehead atoms. The van der Waals surface area contributed by atoms with Crippen molar-refractivity contribution < 1.29 is 4.42 Å². The fourth-order valence-corrected chi connectivity index (χ4v) is 1.67. The molecule has 0 spiro atoms. The van der Waals surface area contributed by atoms with Gasteiger partial charge < -0.3 is 9.73 Å². The van der Waals surface area contributed by atoms with E-state index in [9.17, 15) is 0 Å². The molecule has 1 unspecified atom stereocenters. The van der Waals surface area contributed by atoms with Gasteiger partial charge in [-0.3, -0.25) is 0 Å². The normalized spacial score (nSPS) is 13.3. The Bertz CT molecular complexity index is 294. The van der Waals surface area contributed by atoms with Crippen LogP contribution in [0.1, 0.15) is 70.7 Å². The highest BCUT2D eigenvalue weighted by Gasteiger charge is 2.17. The molecule has 0 aliphatic carbocycles. The zero-order valence-corrected chi connectivity index (χ0v) is 10.8. The Morgan fingerprint density at radius 3 is 2.31 bits per heavy atom. The quantitative estimate of drug-likeness (QED) is 0.775. The first-order chi connectivity index (χ1) is 7.72. The summed E-state index contributed by atoms with van der Waals surface area (Å²) in [7, 11) is 0. The van der Waals surface area contributed by atoms with Gasteiger partial charge in [0.15, 0.2) is 0 Å². The average Bonchev–Trinajstić information content (AvgIpc) is 2.77. The van der Waals surface area contributed by atoms with E-state index in [0.29, 0.717) is 11.8 Å². The molecule has 1 N–H and O–H groups in total. The first-order valence-corrected chi connectivity index (χ1v) is 6.29. The van der Waals surface area contributed by atoms with Crippen molar-refractivity contribution in [2.24, 2.45) is 0 Å². The van der Waals surface area contributed by atoms with Crippen LogP contribution in [0.3, 0.4) is 0 Å². The highest BCUT2D eigenvalue weighted by Crippen LogP contribution is 2.23. The Labute approximate surface area is 97.8 Å². The first-order valence-electron chi connectivity index (χ1n) is 6.29. The molecule has 1 aromatic heterocycles. The van der Waals surface area contributed by atoms with Crippen LogP contribution in [0, 0.1) is 0 Å². The standard InChI is InChI=1S/C12H23N3O/c1-5-8-13-9(4)11-14-15-12(16-11)10(6-2)7-3/h9-10,13H,5-8H2,1-4H3. The molecular formula is C12H23N3O. The van der Waals surface area contributed by atoms with Crippen molar-refractivity contribution in [1.29, 1.82) is 0 Å². The summed E-state index contributed by atoms with van der Waals surface area (Å²) in [5.41, 5.74) is 0. The van der Waals surface area contributed by atoms with Gasteiger partial charge in [-0.2, -0.15) is 0 Å². The van der Waals surface area contributed by atoms with Crippen molar-refractivity contribution in [2.75, 3.05) is 6.54 Å². The molecule has 4 nitrogen and oxygen atoms in total. The topological polar surface area (TPSA) is 51.0 Å². The van der Waals surface area contributed by atoms with Crippen LogP contribution in [0.5, 0.6) is 0 Å². The van der Waals surface area contributed by atoms with Crippen molar-refractivity contribution in [3.8, 4) is 0 Å². The molecule has 0 amide bonds. The Morgan fingerprint density at radius 2 is 1.75 bits per heavy atom. The van der Waals surface area contributed by atoms with Gasteiger partial charge in [-0.05, 0) is 32.7 Å². The molecule has 0 saturated carbocycles. The van der Waals surface area contributed by atoms with Crippen LogP contribution in [0.25, 0.3) is 0 Å². The Balaban J connectivity index is 2.62. The summed E-state index contributed by atoms with van der Waals surface area (Å²) in [4.78, 5) is 0. The smallest absolute Gasteiger partial charge is 0.233 e. The summed E-state index contributed by atoms with van der Waals surface area (Å²) in [6.07, 6.45) is 3.21. The van der Waals surface area contributed by atoms with E-state index in [2.05, 4.69) is 43.2 Å². The molecule has 0 aliphatic rings. The summed E-state index contributed by atoms with van der Waals surface area (Å²) in [5, 5.41) is 11.6. The predicted octanol–water partition coefficient (Wildman–Crippen LogP) is 3.03. The van der Waals surface area contributed by atoms with Crippen LogP contribution in [-0.2, 0) is 0 Å². The molecule has 0 radical (unpaired) electrons. The highest BCUT2D eigenvalue weighted by molar-refractivity contribution is 4.93. The maximum atomic E-state index is 5.70. The van der Waals surface area contributed by atoms with Crippen LogP contribution in [0.4, 0.5) is 0 Å². The van der Waals surface area contributed by atoms with E-state index in [1.54, 1.807) is 0 Å². The third-order valence-electron chi connectivity index (χ3n) is 2.86. The van der Waals surface area contributed by atoms with Gasteiger partial charge >= 0.3 is 0 Å². The van der Waals surface area contributed by atoms with Crippen LogP contribution < -0.4 is 5.32 Å². The Kier molecular flexibility index (Phi) is 5.46. The molecule has 4 heteroatoms. The van der Waals surface area contributed by atoms with Gasteiger partial charge in [0.2, 0.25) is 11.8 Å². The minimum absolute atomic E-state index is 0.149. The summed E-state index contributed by atoms with van der Waals surface area (Å²) in [5.74, 6) is 1.89. The molecule has 0 fully saturated rings. The molecule has 92 valence electrons. The lowest BCUT2D eigenvalue weighted by atomic mass is 10.0. The van der Waals surface area contributed by atoms with Crippen molar-refractivity contribution in [2.45, 2.75) is 58.9 Å². The van der Waals surface area contributed by atoms with E-state index < -0.39 is 0 Å². The van der Waals surface area contributed by atoms with E-state index in [0.717, 1.165) is 31.7 Å². The van der Waals surface area contributed by atoms with E-state index in [4.69, 9.17) is 4.42 Å². The molecule has 16 heavy (non-hydrogen) atoms. The monoisotopic (exact) mass is 225 g/mol. The fourth-order valence-electron chi connectivity index (χ4n) is 1.67. The zero-order valence-electron chi connectivity index (χ0n) is 10.8. The molecule has 1 atom stereocenters. The lowest BCUT2D eigenvalue weighted by Crippen LogP contribution is -2.19. The summed E-state index contributed by atoms with van der Waals surface area (Å²) in [6, 6.07) is 0.149. The maximum Gasteiger partial charge on any atom is 0.233 e. The van der Waals surface area contributed by atoms with Crippen molar-refractivity contribution >= 4 is 0 Å². The minimum atomic E-state index is 0.149. The van der Waals surface area contributed by atoms with Gasteiger partial charge in [0.25, 0.3) is 0 Å². The Hall–Kier alpha value is -0.900. The van der Waals surface area contributed by atoms with Crippen LogP contribution in [0.2, 0.25) is 0 Å².